The van der Waals surface area contributed by atoms with Gasteiger partial charge in [-0.05, 0) is 24.5 Å². The maximum atomic E-state index is 12.4. The topological polar surface area (TPSA) is 33.1 Å². The monoisotopic (exact) mass is 205 g/mol. The molecule has 0 amide bonds. The fraction of sp³-hybridized carbons (Fsp3) is 0.444. The van der Waals surface area contributed by atoms with E-state index in [-0.39, 0.29) is 18.6 Å². The first-order valence-electron chi connectivity index (χ1n) is 4.17. The molecule has 0 saturated carbocycles. The summed E-state index contributed by atoms with van der Waals surface area (Å²) in [5, 5.41) is 8.52. The Bertz CT molecular complexity index is 298. The van der Waals surface area contributed by atoms with E-state index in [0.717, 1.165) is 6.20 Å². The lowest BCUT2D eigenvalue weighted by Crippen LogP contribution is -2.11. The molecule has 1 aromatic rings. The van der Waals surface area contributed by atoms with E-state index in [9.17, 15) is 13.2 Å². The Hall–Kier alpha value is -1.10. The van der Waals surface area contributed by atoms with Crippen LogP contribution in [0.25, 0.3) is 0 Å². The maximum Gasteiger partial charge on any atom is 0.433 e. The molecule has 0 bridgehead atoms. The van der Waals surface area contributed by atoms with Crippen LogP contribution in [0, 0.1) is 0 Å². The summed E-state index contributed by atoms with van der Waals surface area (Å²) >= 11 is 0. The molecule has 0 fully saturated rings. The molecule has 0 radical (unpaired) electrons. The molecule has 0 saturated heterocycles. The lowest BCUT2D eigenvalue weighted by Gasteiger charge is -2.10. The summed E-state index contributed by atoms with van der Waals surface area (Å²) in [6, 6.07) is 2.84. The second kappa shape index (κ2) is 4.41. The lowest BCUT2D eigenvalue weighted by atomic mass is 10.1. The van der Waals surface area contributed by atoms with E-state index in [0.29, 0.717) is 6.42 Å². The molecule has 0 spiro atoms. The number of halogens is 3. The number of aliphatic hydroxyl groups is 1. The number of hydrogen-bond acceptors (Lipinski definition) is 2. The van der Waals surface area contributed by atoms with Crippen molar-refractivity contribution < 1.29 is 18.3 Å². The highest BCUT2D eigenvalue weighted by Gasteiger charge is 2.34. The molecule has 2 nitrogen and oxygen atoms in total. The molecule has 78 valence electrons. The van der Waals surface area contributed by atoms with Crippen LogP contribution in [-0.4, -0.2) is 16.7 Å². The fourth-order valence-corrected chi connectivity index (χ4v) is 1.17. The van der Waals surface area contributed by atoms with Crippen molar-refractivity contribution in [1.29, 1.82) is 0 Å². The van der Waals surface area contributed by atoms with Crippen molar-refractivity contribution in [3.63, 3.8) is 0 Å². The van der Waals surface area contributed by atoms with Gasteiger partial charge >= 0.3 is 6.18 Å². The van der Waals surface area contributed by atoms with Gasteiger partial charge in [0.2, 0.25) is 0 Å². The molecule has 0 unspecified atom stereocenters. The average molecular weight is 205 g/mol. The third-order valence-electron chi connectivity index (χ3n) is 1.76. The van der Waals surface area contributed by atoms with E-state index in [1.54, 1.807) is 0 Å². The molecule has 0 aliphatic carbocycles. The van der Waals surface area contributed by atoms with Crippen LogP contribution < -0.4 is 0 Å². The zero-order chi connectivity index (χ0) is 10.6. The summed E-state index contributed by atoms with van der Waals surface area (Å²) in [5.74, 6) is 0. The van der Waals surface area contributed by atoms with Crippen LogP contribution in [0.2, 0.25) is 0 Å². The van der Waals surface area contributed by atoms with Gasteiger partial charge in [-0.1, -0.05) is 6.07 Å². The molecule has 5 heteroatoms. The largest absolute Gasteiger partial charge is 0.433 e. The number of nitrogens with zero attached hydrogens (tertiary/aromatic N) is 1. The van der Waals surface area contributed by atoms with E-state index >= 15 is 0 Å². The van der Waals surface area contributed by atoms with Crippen LogP contribution in [0.4, 0.5) is 13.2 Å². The van der Waals surface area contributed by atoms with Crippen molar-refractivity contribution in [2.45, 2.75) is 19.0 Å². The van der Waals surface area contributed by atoms with Crippen molar-refractivity contribution in [1.82, 2.24) is 4.98 Å². The zero-order valence-corrected chi connectivity index (χ0v) is 7.38. The summed E-state index contributed by atoms with van der Waals surface area (Å²) in [4.78, 5) is 3.30. The van der Waals surface area contributed by atoms with Crippen molar-refractivity contribution in [3.05, 3.63) is 29.6 Å². The molecule has 0 atom stereocenters. The summed E-state index contributed by atoms with van der Waals surface area (Å²) < 4.78 is 37.1. The minimum absolute atomic E-state index is 0.119. The van der Waals surface area contributed by atoms with Gasteiger partial charge in [0.25, 0.3) is 0 Å². The predicted molar refractivity (Wildman–Crippen MR) is 44.6 cm³/mol. The molecular weight excluding hydrogens is 195 g/mol. The second-order valence-electron chi connectivity index (χ2n) is 2.84. The molecular formula is C9H10F3NO. The van der Waals surface area contributed by atoms with Crippen molar-refractivity contribution in [3.8, 4) is 0 Å². The Morgan fingerprint density at radius 3 is 2.64 bits per heavy atom. The molecule has 0 aliphatic rings. The highest BCUT2D eigenvalue weighted by Crippen LogP contribution is 2.30. The first-order chi connectivity index (χ1) is 6.55. The van der Waals surface area contributed by atoms with Crippen LogP contribution >= 0.6 is 0 Å². The molecule has 0 aromatic carbocycles. The minimum Gasteiger partial charge on any atom is -0.396 e. The standard InChI is InChI=1S/C9H10F3NO/c10-9(11,12)8-7(4-2-6-14)3-1-5-13-8/h1,3,5,14H,2,4,6H2. The maximum absolute atomic E-state index is 12.4. The number of aromatic nitrogens is 1. The van der Waals surface area contributed by atoms with Gasteiger partial charge in [-0.2, -0.15) is 13.2 Å². The predicted octanol–water partition coefficient (Wildman–Crippen LogP) is 2.03. The Balaban J connectivity index is 2.92. The molecule has 0 aliphatic heterocycles. The Morgan fingerprint density at radius 1 is 1.36 bits per heavy atom. The Kier molecular flexibility index (Phi) is 3.46. The van der Waals surface area contributed by atoms with E-state index in [2.05, 4.69) is 4.98 Å². The number of aliphatic hydroxyl groups excluding tert-OH is 1. The highest BCUT2D eigenvalue weighted by molar-refractivity contribution is 5.22. The van der Waals surface area contributed by atoms with Crippen LogP contribution in [0.5, 0.6) is 0 Å². The lowest BCUT2D eigenvalue weighted by molar-refractivity contribution is -0.141. The number of aryl methyl sites for hydroxylation is 1. The third-order valence-corrected chi connectivity index (χ3v) is 1.76. The molecule has 1 N–H and O–H groups in total. The summed E-state index contributed by atoms with van der Waals surface area (Å²) in [6.45, 7) is -0.119. The van der Waals surface area contributed by atoms with E-state index < -0.39 is 11.9 Å². The first kappa shape index (κ1) is 11.0. The van der Waals surface area contributed by atoms with Crippen molar-refractivity contribution in [2.75, 3.05) is 6.61 Å². The molecule has 1 rings (SSSR count). The number of alkyl halides is 3. The highest BCUT2D eigenvalue weighted by atomic mass is 19.4. The number of pyridine rings is 1. The summed E-state index contributed by atoms with van der Waals surface area (Å²) in [6.07, 6.45) is -2.79. The second-order valence-corrected chi connectivity index (χ2v) is 2.84. The zero-order valence-electron chi connectivity index (χ0n) is 7.38. The first-order valence-corrected chi connectivity index (χ1v) is 4.17. The van der Waals surface area contributed by atoms with E-state index in [4.69, 9.17) is 5.11 Å². The fourth-order valence-electron chi connectivity index (χ4n) is 1.17. The van der Waals surface area contributed by atoms with Gasteiger partial charge in [0.05, 0.1) is 0 Å². The molecule has 1 heterocycles. The number of hydrogen-bond donors (Lipinski definition) is 1. The SMILES string of the molecule is OCCCc1cccnc1C(F)(F)F. The van der Waals surface area contributed by atoms with Crippen molar-refractivity contribution in [2.24, 2.45) is 0 Å². The third kappa shape index (κ3) is 2.70. The van der Waals surface area contributed by atoms with Gasteiger partial charge in [-0.3, -0.25) is 4.98 Å². The van der Waals surface area contributed by atoms with Gasteiger partial charge in [0, 0.05) is 12.8 Å². The Morgan fingerprint density at radius 2 is 2.07 bits per heavy atom. The normalized spacial score (nSPS) is 11.7. The minimum atomic E-state index is -4.41. The van der Waals surface area contributed by atoms with Crippen LogP contribution in [0.3, 0.4) is 0 Å². The summed E-state index contributed by atoms with van der Waals surface area (Å²) in [7, 11) is 0. The van der Waals surface area contributed by atoms with Crippen LogP contribution in [0.1, 0.15) is 17.7 Å². The van der Waals surface area contributed by atoms with Crippen molar-refractivity contribution >= 4 is 0 Å². The average Bonchev–Trinajstić information content (AvgIpc) is 2.14. The molecule has 14 heavy (non-hydrogen) atoms. The van der Waals surface area contributed by atoms with Gasteiger partial charge < -0.3 is 5.11 Å². The molecule has 1 aromatic heterocycles. The van der Waals surface area contributed by atoms with E-state index in [1.807, 2.05) is 0 Å². The Labute approximate surface area is 79.4 Å². The quantitative estimate of drug-likeness (QED) is 0.818. The van der Waals surface area contributed by atoms with Crippen LogP contribution in [-0.2, 0) is 12.6 Å². The van der Waals surface area contributed by atoms with E-state index in [1.165, 1.54) is 12.1 Å². The van der Waals surface area contributed by atoms with Crippen LogP contribution in [0.15, 0.2) is 18.3 Å². The summed E-state index contributed by atoms with van der Waals surface area (Å²) in [5.41, 5.74) is -0.720. The van der Waals surface area contributed by atoms with Gasteiger partial charge in [0.15, 0.2) is 0 Å². The van der Waals surface area contributed by atoms with Gasteiger partial charge in [-0.25, -0.2) is 0 Å². The smallest absolute Gasteiger partial charge is 0.396 e. The van der Waals surface area contributed by atoms with Gasteiger partial charge in [0.1, 0.15) is 5.69 Å². The number of rotatable bonds is 3. The van der Waals surface area contributed by atoms with Gasteiger partial charge in [-0.15, -0.1) is 0 Å².